The number of methoxy groups -OCH3 is 1. The number of benzene rings is 2. The van der Waals surface area contributed by atoms with Crippen LogP contribution in [0.1, 0.15) is 30.4 Å². The van der Waals surface area contributed by atoms with Crippen LogP contribution in [0.3, 0.4) is 0 Å². The van der Waals surface area contributed by atoms with Gasteiger partial charge in [0.15, 0.2) is 0 Å². The number of amides is 1. The molecule has 0 saturated carbocycles. The molecule has 2 fully saturated rings. The fourth-order valence-electron chi connectivity index (χ4n) is 5.10. The molecule has 0 bridgehead atoms. The van der Waals surface area contributed by atoms with Gasteiger partial charge in [-0.25, -0.2) is 8.42 Å². The first kappa shape index (κ1) is 27.4. The highest BCUT2D eigenvalue weighted by Gasteiger charge is 2.35. The van der Waals surface area contributed by atoms with Crippen LogP contribution in [0.2, 0.25) is 0 Å². The molecule has 0 spiro atoms. The predicted octanol–water partition coefficient (Wildman–Crippen LogP) is 3.35. The second kappa shape index (κ2) is 12.3. The smallest absolute Gasteiger partial charge is 0.250 e. The van der Waals surface area contributed by atoms with Crippen LogP contribution in [0.5, 0.6) is 5.75 Å². The molecule has 2 aliphatic rings. The van der Waals surface area contributed by atoms with E-state index in [9.17, 15) is 13.2 Å². The van der Waals surface area contributed by atoms with Crippen LogP contribution in [-0.4, -0.2) is 77.8 Å². The number of rotatable bonds is 9. The Morgan fingerprint density at radius 3 is 2.51 bits per heavy atom. The number of carbonyl (C=O) groups excluding carboxylic acids is 1. The van der Waals surface area contributed by atoms with Gasteiger partial charge in [0.25, 0.3) is 0 Å². The zero-order chi connectivity index (χ0) is 26.4. The molecule has 0 radical (unpaired) electrons. The number of nitrogens with zero attached hydrogens (tertiary/aromatic N) is 2. The minimum absolute atomic E-state index is 0.146. The van der Waals surface area contributed by atoms with E-state index in [1.54, 1.807) is 37.4 Å². The van der Waals surface area contributed by atoms with E-state index in [1.807, 2.05) is 24.3 Å². The van der Waals surface area contributed by atoms with Crippen LogP contribution >= 0.6 is 0 Å². The minimum atomic E-state index is -3.73. The number of piperidine rings is 1. The predicted molar refractivity (Wildman–Crippen MR) is 143 cm³/mol. The summed E-state index contributed by atoms with van der Waals surface area (Å²) in [6.07, 6.45) is 2.40. The maximum Gasteiger partial charge on any atom is 0.250 e. The number of ether oxygens (including phenoxy) is 3. The summed E-state index contributed by atoms with van der Waals surface area (Å²) >= 11 is 0. The molecule has 0 aliphatic carbocycles. The molecule has 2 aromatic rings. The lowest BCUT2D eigenvalue weighted by molar-refractivity contribution is -0.121. The second-order valence-corrected chi connectivity index (χ2v) is 11.4. The van der Waals surface area contributed by atoms with Crippen molar-refractivity contribution in [3.05, 3.63) is 47.5 Å². The van der Waals surface area contributed by atoms with E-state index in [0.717, 1.165) is 31.6 Å². The lowest BCUT2D eigenvalue weighted by atomic mass is 10.1. The fraction of sp³-hybridized carbons (Fsp3) is 0.519. The molecule has 10 heteroatoms. The molecule has 2 heterocycles. The van der Waals surface area contributed by atoms with E-state index in [-0.39, 0.29) is 25.2 Å². The molecule has 2 aromatic carbocycles. The van der Waals surface area contributed by atoms with Crippen LogP contribution < -0.4 is 15.0 Å². The fourth-order valence-corrected chi connectivity index (χ4v) is 7.19. The lowest BCUT2D eigenvalue weighted by Gasteiger charge is -2.35. The molecule has 9 nitrogen and oxygen atoms in total. The molecule has 2 saturated heterocycles. The quantitative estimate of drug-likeness (QED) is 0.530. The second-order valence-electron chi connectivity index (χ2n) is 9.57. The highest BCUT2D eigenvalue weighted by atomic mass is 32.2. The van der Waals surface area contributed by atoms with Gasteiger partial charge < -0.3 is 24.4 Å². The Morgan fingerprint density at radius 1 is 1.08 bits per heavy atom. The minimum Gasteiger partial charge on any atom is -0.497 e. The third-order valence-corrected chi connectivity index (χ3v) is 9.12. The zero-order valence-electron chi connectivity index (χ0n) is 21.9. The average molecular weight is 532 g/mol. The monoisotopic (exact) mass is 531 g/mol. The Morgan fingerprint density at radius 2 is 1.81 bits per heavy atom. The van der Waals surface area contributed by atoms with Gasteiger partial charge in [0.2, 0.25) is 15.9 Å². The summed E-state index contributed by atoms with van der Waals surface area (Å²) in [7, 11) is -2.16. The topological polar surface area (TPSA) is 97.4 Å². The van der Waals surface area contributed by atoms with E-state index in [4.69, 9.17) is 14.2 Å². The normalized spacial score (nSPS) is 19.0. The Labute approximate surface area is 219 Å². The van der Waals surface area contributed by atoms with E-state index >= 15 is 0 Å². The largest absolute Gasteiger partial charge is 0.497 e. The number of anilines is 2. The van der Waals surface area contributed by atoms with Gasteiger partial charge in [-0.3, -0.25) is 4.79 Å². The average Bonchev–Trinajstić information content (AvgIpc) is 2.89. The first-order chi connectivity index (χ1) is 17.8. The third-order valence-electron chi connectivity index (χ3n) is 6.86. The summed E-state index contributed by atoms with van der Waals surface area (Å²) in [5.41, 5.74) is 3.04. The van der Waals surface area contributed by atoms with E-state index in [0.29, 0.717) is 53.6 Å². The van der Waals surface area contributed by atoms with Crippen molar-refractivity contribution in [1.29, 1.82) is 0 Å². The number of aryl methyl sites for hydroxylation is 2. The SMILES string of the molecule is COc1cc(C)c(S(=O)(=O)N2CCCCC2COCC(=O)Nc2cccc(N3CCOCC3)c2)c(C)c1. The summed E-state index contributed by atoms with van der Waals surface area (Å²) in [6, 6.07) is 10.9. The van der Waals surface area contributed by atoms with Gasteiger partial charge in [0.05, 0.1) is 31.8 Å². The highest BCUT2D eigenvalue weighted by Crippen LogP contribution is 2.32. The van der Waals surface area contributed by atoms with Crippen LogP contribution in [0, 0.1) is 13.8 Å². The number of nitrogens with one attached hydrogen (secondary N) is 1. The first-order valence-corrected chi connectivity index (χ1v) is 14.2. The van der Waals surface area contributed by atoms with Crippen LogP contribution in [-0.2, 0) is 24.3 Å². The van der Waals surface area contributed by atoms with Gasteiger partial charge in [0.1, 0.15) is 12.4 Å². The molecule has 37 heavy (non-hydrogen) atoms. The molecule has 1 N–H and O–H groups in total. The molecule has 202 valence electrons. The summed E-state index contributed by atoms with van der Waals surface area (Å²) < 4.78 is 45.3. The van der Waals surface area contributed by atoms with Crippen molar-refractivity contribution >= 4 is 27.3 Å². The van der Waals surface area contributed by atoms with Crippen molar-refractivity contribution in [2.75, 3.05) is 63.4 Å². The van der Waals surface area contributed by atoms with Crippen LogP contribution in [0.4, 0.5) is 11.4 Å². The molecule has 2 aliphatic heterocycles. The van der Waals surface area contributed by atoms with Crippen molar-refractivity contribution in [2.24, 2.45) is 0 Å². The van der Waals surface area contributed by atoms with Crippen molar-refractivity contribution in [2.45, 2.75) is 44.0 Å². The lowest BCUT2D eigenvalue weighted by Crippen LogP contribution is -2.46. The maximum atomic E-state index is 13.7. The molecular formula is C27H37N3O6S. The Bertz CT molecular complexity index is 1170. The Hall–Kier alpha value is -2.66. The van der Waals surface area contributed by atoms with E-state index in [1.165, 1.54) is 0 Å². The third kappa shape index (κ3) is 6.62. The first-order valence-electron chi connectivity index (χ1n) is 12.8. The van der Waals surface area contributed by atoms with Gasteiger partial charge in [-0.15, -0.1) is 0 Å². The molecule has 1 atom stereocenters. The summed E-state index contributed by atoms with van der Waals surface area (Å²) in [5.74, 6) is 0.361. The number of carbonyl (C=O) groups is 1. The van der Waals surface area contributed by atoms with Gasteiger partial charge >= 0.3 is 0 Å². The maximum absolute atomic E-state index is 13.7. The van der Waals surface area contributed by atoms with Crippen molar-refractivity contribution < 1.29 is 27.4 Å². The Balaban J connectivity index is 1.36. The van der Waals surface area contributed by atoms with E-state index in [2.05, 4.69) is 10.2 Å². The number of morpholine rings is 1. The summed E-state index contributed by atoms with van der Waals surface area (Å²) in [6.45, 7) is 7.04. The summed E-state index contributed by atoms with van der Waals surface area (Å²) in [4.78, 5) is 15.1. The van der Waals surface area contributed by atoms with Gasteiger partial charge in [-0.2, -0.15) is 4.31 Å². The molecule has 4 rings (SSSR count). The molecule has 0 aromatic heterocycles. The zero-order valence-corrected chi connectivity index (χ0v) is 22.7. The molecular weight excluding hydrogens is 494 g/mol. The van der Waals surface area contributed by atoms with Crippen LogP contribution in [0.15, 0.2) is 41.3 Å². The van der Waals surface area contributed by atoms with Gasteiger partial charge in [0, 0.05) is 37.1 Å². The number of sulfonamides is 1. The summed E-state index contributed by atoms with van der Waals surface area (Å²) in [5, 5.41) is 2.89. The molecule has 1 unspecified atom stereocenters. The van der Waals surface area contributed by atoms with Gasteiger partial charge in [-0.05, 0) is 68.1 Å². The standard InChI is InChI=1S/C27H37N3O6S/c1-20-15-25(34-3)16-21(2)27(20)37(32,33)30-10-5-4-8-24(30)18-36-19-26(31)28-22-7-6-9-23(17-22)29-11-13-35-14-12-29/h6-7,9,15-17,24H,4-5,8,10-14,18-19H2,1-3H3,(H,28,31). The number of hydrogen-bond donors (Lipinski definition) is 1. The van der Waals surface area contributed by atoms with Crippen molar-refractivity contribution in [1.82, 2.24) is 4.31 Å². The number of hydrogen-bond acceptors (Lipinski definition) is 7. The van der Waals surface area contributed by atoms with Crippen molar-refractivity contribution in [3.63, 3.8) is 0 Å². The van der Waals surface area contributed by atoms with Crippen LogP contribution in [0.25, 0.3) is 0 Å². The Kier molecular flexibility index (Phi) is 9.07. The molecule has 1 amide bonds. The van der Waals surface area contributed by atoms with Gasteiger partial charge in [-0.1, -0.05) is 12.5 Å². The van der Waals surface area contributed by atoms with Crippen molar-refractivity contribution in [3.8, 4) is 5.75 Å². The highest BCUT2D eigenvalue weighted by molar-refractivity contribution is 7.89. The van der Waals surface area contributed by atoms with E-state index < -0.39 is 10.0 Å².